The van der Waals surface area contributed by atoms with E-state index in [-0.39, 0.29) is 11.3 Å². The molecule has 0 saturated carbocycles. The maximum absolute atomic E-state index is 11.6. The Balaban J connectivity index is 2.37. The first-order valence-electron chi connectivity index (χ1n) is 4.89. The third-order valence-corrected chi connectivity index (χ3v) is 2.41. The molecule has 0 spiro atoms. The number of rotatable bonds is 1. The molecular weight excluding hydrogens is 164 g/mol. The van der Waals surface area contributed by atoms with Crippen molar-refractivity contribution in [3.63, 3.8) is 0 Å². The van der Waals surface area contributed by atoms with Crippen molar-refractivity contribution in [3.8, 4) is 0 Å². The quantitative estimate of drug-likeness (QED) is 0.655. The minimum absolute atomic E-state index is 0.160. The Morgan fingerprint density at radius 2 is 2.08 bits per heavy atom. The standard InChI is InChI=1S/C10H20N2O/c1-10(2,3)9(13)11-8-5-6-12(4)7-8/h8H,5-7H2,1-4H3,(H,11,13)/t8-/m1/s1. The van der Waals surface area contributed by atoms with E-state index in [1.54, 1.807) is 0 Å². The molecule has 1 aliphatic heterocycles. The first kappa shape index (κ1) is 10.5. The normalized spacial score (nSPS) is 24.8. The average molecular weight is 184 g/mol. The van der Waals surface area contributed by atoms with Crippen LogP contribution in [0, 0.1) is 5.41 Å². The van der Waals surface area contributed by atoms with Gasteiger partial charge in [0.1, 0.15) is 0 Å². The van der Waals surface area contributed by atoms with Gasteiger partial charge in [-0.25, -0.2) is 0 Å². The van der Waals surface area contributed by atoms with Crippen LogP contribution in [0.4, 0.5) is 0 Å². The van der Waals surface area contributed by atoms with Crippen LogP contribution in [0.25, 0.3) is 0 Å². The summed E-state index contributed by atoms with van der Waals surface area (Å²) in [6, 6.07) is 0.358. The fourth-order valence-corrected chi connectivity index (χ4v) is 1.45. The van der Waals surface area contributed by atoms with E-state index < -0.39 is 0 Å². The molecule has 1 heterocycles. The van der Waals surface area contributed by atoms with Crippen molar-refractivity contribution in [2.24, 2.45) is 5.41 Å². The van der Waals surface area contributed by atoms with Crippen LogP contribution in [0.1, 0.15) is 27.2 Å². The summed E-state index contributed by atoms with van der Waals surface area (Å²) in [6.45, 7) is 7.92. The Labute approximate surface area is 80.5 Å². The largest absolute Gasteiger partial charge is 0.352 e. The van der Waals surface area contributed by atoms with Crippen LogP contribution in [-0.2, 0) is 4.79 Å². The van der Waals surface area contributed by atoms with Gasteiger partial charge in [-0.15, -0.1) is 0 Å². The molecule has 0 aliphatic carbocycles. The maximum atomic E-state index is 11.6. The van der Waals surface area contributed by atoms with Crippen LogP contribution < -0.4 is 5.32 Å². The Hall–Kier alpha value is -0.570. The first-order chi connectivity index (χ1) is 5.89. The number of amides is 1. The summed E-state index contributed by atoms with van der Waals surface area (Å²) in [7, 11) is 2.09. The van der Waals surface area contributed by atoms with Gasteiger partial charge in [-0.05, 0) is 20.0 Å². The summed E-state index contributed by atoms with van der Waals surface area (Å²) < 4.78 is 0. The molecular formula is C10H20N2O. The zero-order chi connectivity index (χ0) is 10.1. The molecule has 13 heavy (non-hydrogen) atoms. The van der Waals surface area contributed by atoms with E-state index in [9.17, 15) is 4.79 Å². The molecule has 0 radical (unpaired) electrons. The SMILES string of the molecule is CN1CC[C@@H](NC(=O)C(C)(C)C)C1. The highest BCUT2D eigenvalue weighted by atomic mass is 16.2. The van der Waals surface area contributed by atoms with Gasteiger partial charge in [0, 0.05) is 18.0 Å². The lowest BCUT2D eigenvalue weighted by molar-refractivity contribution is -0.129. The minimum Gasteiger partial charge on any atom is -0.352 e. The predicted octanol–water partition coefficient (Wildman–Crippen LogP) is 0.853. The number of likely N-dealkylation sites (tertiary alicyclic amines) is 1. The van der Waals surface area contributed by atoms with Gasteiger partial charge in [-0.1, -0.05) is 20.8 Å². The second-order valence-corrected chi connectivity index (χ2v) is 4.97. The molecule has 1 N–H and O–H groups in total. The fraction of sp³-hybridized carbons (Fsp3) is 0.900. The van der Waals surface area contributed by atoms with Gasteiger partial charge >= 0.3 is 0 Å². The van der Waals surface area contributed by atoms with Crippen molar-refractivity contribution in [3.05, 3.63) is 0 Å². The zero-order valence-electron chi connectivity index (χ0n) is 9.05. The second-order valence-electron chi connectivity index (χ2n) is 4.97. The van der Waals surface area contributed by atoms with Crippen molar-refractivity contribution < 1.29 is 4.79 Å². The van der Waals surface area contributed by atoms with Gasteiger partial charge in [-0.2, -0.15) is 0 Å². The van der Waals surface area contributed by atoms with E-state index in [4.69, 9.17) is 0 Å². The Bertz CT molecular complexity index is 196. The van der Waals surface area contributed by atoms with E-state index in [0.29, 0.717) is 6.04 Å². The van der Waals surface area contributed by atoms with Crippen molar-refractivity contribution in [2.45, 2.75) is 33.2 Å². The van der Waals surface area contributed by atoms with Crippen LogP contribution in [0.15, 0.2) is 0 Å². The van der Waals surface area contributed by atoms with Gasteiger partial charge in [0.15, 0.2) is 0 Å². The molecule has 1 fully saturated rings. The van der Waals surface area contributed by atoms with Crippen LogP contribution in [0.2, 0.25) is 0 Å². The number of hydrogen-bond acceptors (Lipinski definition) is 2. The van der Waals surface area contributed by atoms with E-state index in [1.807, 2.05) is 20.8 Å². The van der Waals surface area contributed by atoms with Gasteiger partial charge in [0.2, 0.25) is 5.91 Å². The lowest BCUT2D eigenvalue weighted by Gasteiger charge is -2.21. The number of likely N-dealkylation sites (N-methyl/N-ethyl adjacent to an activating group) is 1. The number of carbonyl (C=O) groups excluding carboxylic acids is 1. The van der Waals surface area contributed by atoms with E-state index in [2.05, 4.69) is 17.3 Å². The highest BCUT2D eigenvalue weighted by Gasteiger charge is 2.26. The first-order valence-corrected chi connectivity index (χ1v) is 4.89. The minimum atomic E-state index is -0.263. The van der Waals surface area contributed by atoms with Gasteiger partial charge in [0.25, 0.3) is 0 Å². The Morgan fingerprint density at radius 1 is 1.46 bits per heavy atom. The molecule has 0 aromatic heterocycles. The van der Waals surface area contributed by atoms with Crippen LogP contribution in [0.3, 0.4) is 0 Å². The van der Waals surface area contributed by atoms with Crippen molar-refractivity contribution >= 4 is 5.91 Å². The molecule has 0 bridgehead atoms. The molecule has 76 valence electrons. The van der Waals surface area contributed by atoms with Gasteiger partial charge in [-0.3, -0.25) is 4.79 Å². The monoisotopic (exact) mass is 184 g/mol. The summed E-state index contributed by atoms with van der Waals surface area (Å²) >= 11 is 0. The van der Waals surface area contributed by atoms with Crippen LogP contribution >= 0.6 is 0 Å². The molecule has 3 heteroatoms. The lowest BCUT2D eigenvalue weighted by atomic mass is 9.95. The summed E-state index contributed by atoms with van der Waals surface area (Å²) in [4.78, 5) is 13.8. The topological polar surface area (TPSA) is 32.3 Å². The third-order valence-electron chi connectivity index (χ3n) is 2.41. The molecule has 1 amide bonds. The van der Waals surface area contributed by atoms with Crippen LogP contribution in [-0.4, -0.2) is 37.0 Å². The summed E-state index contributed by atoms with van der Waals surface area (Å²) in [5.74, 6) is 0.160. The molecule has 1 atom stereocenters. The highest BCUT2D eigenvalue weighted by Crippen LogP contribution is 2.15. The smallest absolute Gasteiger partial charge is 0.225 e. The molecule has 0 aromatic rings. The predicted molar refractivity (Wildman–Crippen MR) is 53.5 cm³/mol. The molecule has 0 unspecified atom stereocenters. The highest BCUT2D eigenvalue weighted by molar-refractivity contribution is 5.81. The second kappa shape index (κ2) is 3.66. The van der Waals surface area contributed by atoms with E-state index in [0.717, 1.165) is 19.5 Å². The number of nitrogens with zero attached hydrogens (tertiary/aromatic N) is 1. The van der Waals surface area contributed by atoms with E-state index >= 15 is 0 Å². The molecule has 1 rings (SSSR count). The van der Waals surface area contributed by atoms with Crippen molar-refractivity contribution in [2.75, 3.05) is 20.1 Å². The number of nitrogens with one attached hydrogen (secondary N) is 1. The average Bonchev–Trinajstić information content (AvgIpc) is 2.33. The van der Waals surface area contributed by atoms with Gasteiger partial charge < -0.3 is 10.2 Å². The van der Waals surface area contributed by atoms with Crippen LogP contribution in [0.5, 0.6) is 0 Å². The Kier molecular flexibility index (Phi) is 2.96. The zero-order valence-corrected chi connectivity index (χ0v) is 9.05. The maximum Gasteiger partial charge on any atom is 0.225 e. The van der Waals surface area contributed by atoms with Gasteiger partial charge in [0.05, 0.1) is 0 Å². The van der Waals surface area contributed by atoms with E-state index in [1.165, 1.54) is 0 Å². The molecule has 1 aliphatic rings. The lowest BCUT2D eigenvalue weighted by Crippen LogP contribution is -2.42. The fourth-order valence-electron chi connectivity index (χ4n) is 1.45. The van der Waals surface area contributed by atoms with Crippen molar-refractivity contribution in [1.82, 2.24) is 10.2 Å². The van der Waals surface area contributed by atoms with Crippen molar-refractivity contribution in [1.29, 1.82) is 0 Å². The molecule has 1 saturated heterocycles. The summed E-state index contributed by atoms with van der Waals surface area (Å²) in [5.41, 5.74) is -0.263. The molecule has 0 aromatic carbocycles. The third kappa shape index (κ3) is 2.99. The summed E-state index contributed by atoms with van der Waals surface area (Å²) in [6.07, 6.45) is 1.08. The summed E-state index contributed by atoms with van der Waals surface area (Å²) in [5, 5.41) is 3.07. The number of hydrogen-bond donors (Lipinski definition) is 1. The number of carbonyl (C=O) groups is 1. The molecule has 3 nitrogen and oxygen atoms in total. The Morgan fingerprint density at radius 3 is 2.46 bits per heavy atom.